The molecular formula is C17H20F2N8O. The molecule has 11 heteroatoms. The summed E-state index contributed by atoms with van der Waals surface area (Å²) >= 11 is 0. The lowest BCUT2D eigenvalue weighted by Crippen LogP contribution is -2.39. The fraction of sp³-hybridized carbons (Fsp3) is 0.412. The summed E-state index contributed by atoms with van der Waals surface area (Å²) in [7, 11) is 1.51. The Labute approximate surface area is 159 Å². The van der Waals surface area contributed by atoms with Crippen LogP contribution in [0.1, 0.15) is 35.4 Å². The van der Waals surface area contributed by atoms with Gasteiger partial charge in [-0.3, -0.25) is 9.48 Å². The number of carbonyl (C=O) groups excluding carboxylic acids is 1. The van der Waals surface area contributed by atoms with E-state index < -0.39 is 18.0 Å². The zero-order chi connectivity index (χ0) is 19.7. The molecule has 4 rings (SSSR count). The monoisotopic (exact) mass is 390 g/mol. The van der Waals surface area contributed by atoms with Crippen LogP contribution in [0.15, 0.2) is 24.5 Å². The number of aryl methyl sites for hydroxylation is 1. The predicted molar refractivity (Wildman–Crippen MR) is 98.6 cm³/mol. The molecule has 1 fully saturated rings. The number of piperidine rings is 1. The number of hydrogen-bond donors (Lipinski definition) is 3. The first-order valence-electron chi connectivity index (χ1n) is 8.96. The largest absolute Gasteiger partial charge is 0.349 e. The van der Waals surface area contributed by atoms with Gasteiger partial charge >= 0.3 is 0 Å². The van der Waals surface area contributed by atoms with Gasteiger partial charge in [-0.25, -0.2) is 18.3 Å². The van der Waals surface area contributed by atoms with E-state index in [2.05, 4.69) is 31.1 Å². The average Bonchev–Trinajstić information content (AvgIpc) is 3.25. The van der Waals surface area contributed by atoms with Gasteiger partial charge in [-0.1, -0.05) is 0 Å². The van der Waals surface area contributed by atoms with Crippen molar-refractivity contribution in [3.05, 3.63) is 35.9 Å². The highest BCUT2D eigenvalue weighted by Crippen LogP contribution is 2.25. The fourth-order valence-corrected chi connectivity index (χ4v) is 3.25. The Hall–Kier alpha value is -3.08. The Morgan fingerprint density at radius 3 is 2.96 bits per heavy atom. The Kier molecular flexibility index (Phi) is 4.90. The van der Waals surface area contributed by atoms with Gasteiger partial charge in [0, 0.05) is 25.8 Å². The van der Waals surface area contributed by atoms with Gasteiger partial charge in [-0.05, 0) is 31.5 Å². The molecule has 0 radical (unpaired) electrons. The molecule has 0 saturated carbocycles. The quantitative estimate of drug-likeness (QED) is 0.614. The number of amides is 1. The van der Waals surface area contributed by atoms with E-state index in [0.717, 1.165) is 25.9 Å². The number of rotatable bonds is 5. The van der Waals surface area contributed by atoms with Gasteiger partial charge in [-0.2, -0.15) is 5.10 Å². The molecule has 28 heavy (non-hydrogen) atoms. The number of hydrogen-bond acceptors (Lipinski definition) is 6. The Morgan fingerprint density at radius 1 is 1.36 bits per heavy atom. The zero-order valence-corrected chi connectivity index (χ0v) is 15.2. The minimum absolute atomic E-state index is 0.0295. The van der Waals surface area contributed by atoms with Gasteiger partial charge in [0.15, 0.2) is 5.69 Å². The number of fused-ring (bicyclic) bond motifs is 1. The van der Waals surface area contributed by atoms with Crippen LogP contribution in [0.2, 0.25) is 0 Å². The molecule has 3 aromatic heterocycles. The van der Waals surface area contributed by atoms with Gasteiger partial charge in [0.25, 0.3) is 12.3 Å². The van der Waals surface area contributed by atoms with E-state index in [1.807, 2.05) is 0 Å². The number of aromatic nitrogens is 5. The van der Waals surface area contributed by atoms with Gasteiger partial charge in [0.1, 0.15) is 5.69 Å². The van der Waals surface area contributed by atoms with Crippen LogP contribution < -0.4 is 16.0 Å². The average molecular weight is 390 g/mol. The van der Waals surface area contributed by atoms with Crippen LogP contribution in [-0.2, 0) is 7.05 Å². The van der Waals surface area contributed by atoms with Crippen molar-refractivity contribution in [1.29, 1.82) is 0 Å². The standard InChI is InChI=1S/C17H20F2N8O/c1-26-9-12(14(24-26)15(18)19)23-16(28)13-5-4-11-8-21-17(25-27(11)13)22-10-3-2-6-20-7-10/h4-5,8-10,15,20H,2-3,6-7H2,1H3,(H,22,25)(H,23,28)/t10-/m1/s1. The highest BCUT2D eigenvalue weighted by atomic mass is 19.3. The lowest BCUT2D eigenvalue weighted by atomic mass is 10.1. The maximum absolute atomic E-state index is 13.1. The van der Waals surface area contributed by atoms with Crippen molar-refractivity contribution in [2.75, 3.05) is 23.7 Å². The van der Waals surface area contributed by atoms with Crippen molar-refractivity contribution in [1.82, 2.24) is 29.7 Å². The third-order valence-corrected chi connectivity index (χ3v) is 4.57. The second-order valence-corrected chi connectivity index (χ2v) is 6.68. The minimum Gasteiger partial charge on any atom is -0.349 e. The van der Waals surface area contributed by atoms with Crippen LogP contribution in [0.4, 0.5) is 20.4 Å². The Bertz CT molecular complexity index is 992. The molecule has 3 aromatic rings. The second kappa shape index (κ2) is 7.50. The highest BCUT2D eigenvalue weighted by molar-refractivity contribution is 6.04. The molecule has 9 nitrogen and oxygen atoms in total. The summed E-state index contributed by atoms with van der Waals surface area (Å²) in [5.74, 6) is -0.153. The summed E-state index contributed by atoms with van der Waals surface area (Å²) in [6.07, 6.45) is 2.23. The van der Waals surface area contributed by atoms with Crippen molar-refractivity contribution in [3.8, 4) is 0 Å². The molecule has 0 unspecified atom stereocenters. The summed E-state index contributed by atoms with van der Waals surface area (Å²) in [5, 5.41) is 17.1. The van der Waals surface area contributed by atoms with Crippen molar-refractivity contribution in [2.24, 2.45) is 7.05 Å². The first-order chi connectivity index (χ1) is 13.5. The third-order valence-electron chi connectivity index (χ3n) is 4.57. The van der Waals surface area contributed by atoms with E-state index in [0.29, 0.717) is 11.5 Å². The van der Waals surface area contributed by atoms with Crippen LogP contribution in [0.5, 0.6) is 0 Å². The summed E-state index contributed by atoms with van der Waals surface area (Å²) in [5.41, 5.74) is 0.334. The summed E-state index contributed by atoms with van der Waals surface area (Å²) in [6, 6.07) is 3.48. The van der Waals surface area contributed by atoms with Gasteiger partial charge < -0.3 is 16.0 Å². The van der Waals surface area contributed by atoms with E-state index >= 15 is 0 Å². The third kappa shape index (κ3) is 3.65. The molecule has 1 aliphatic rings. The van der Waals surface area contributed by atoms with Gasteiger partial charge in [0.2, 0.25) is 5.95 Å². The van der Waals surface area contributed by atoms with Crippen LogP contribution in [0.3, 0.4) is 0 Å². The van der Waals surface area contributed by atoms with Crippen LogP contribution in [0.25, 0.3) is 5.52 Å². The number of anilines is 2. The molecule has 0 aliphatic carbocycles. The van der Waals surface area contributed by atoms with Crippen molar-refractivity contribution < 1.29 is 13.6 Å². The van der Waals surface area contributed by atoms with Gasteiger partial charge in [-0.15, -0.1) is 5.10 Å². The van der Waals surface area contributed by atoms with Crippen molar-refractivity contribution >= 4 is 23.1 Å². The van der Waals surface area contributed by atoms with Crippen molar-refractivity contribution in [2.45, 2.75) is 25.3 Å². The van der Waals surface area contributed by atoms with E-state index in [1.165, 1.54) is 22.4 Å². The summed E-state index contributed by atoms with van der Waals surface area (Å²) < 4.78 is 28.9. The summed E-state index contributed by atoms with van der Waals surface area (Å²) in [6.45, 7) is 1.81. The van der Waals surface area contributed by atoms with E-state index in [4.69, 9.17) is 0 Å². The number of nitrogens with one attached hydrogen (secondary N) is 3. The second-order valence-electron chi connectivity index (χ2n) is 6.68. The smallest absolute Gasteiger partial charge is 0.284 e. The number of nitrogens with zero attached hydrogens (tertiary/aromatic N) is 5. The predicted octanol–water partition coefficient (Wildman–Crippen LogP) is 1.82. The SMILES string of the molecule is Cn1cc(NC(=O)c2ccc3cnc(N[C@@H]4CCCNC4)nn23)c(C(F)F)n1. The van der Waals surface area contributed by atoms with E-state index in [1.54, 1.807) is 18.3 Å². The highest BCUT2D eigenvalue weighted by Gasteiger charge is 2.21. The molecule has 1 atom stereocenters. The first kappa shape index (κ1) is 18.3. The molecule has 1 aliphatic heterocycles. The summed E-state index contributed by atoms with van der Waals surface area (Å²) in [4.78, 5) is 17.0. The van der Waals surface area contributed by atoms with Crippen LogP contribution >= 0.6 is 0 Å². The first-order valence-corrected chi connectivity index (χ1v) is 8.96. The normalized spacial score (nSPS) is 17.2. The number of carbonyl (C=O) groups is 1. The molecule has 0 bridgehead atoms. The van der Waals surface area contributed by atoms with Crippen LogP contribution in [0, 0.1) is 0 Å². The molecule has 4 heterocycles. The topological polar surface area (TPSA) is 101 Å². The van der Waals surface area contributed by atoms with Gasteiger partial charge in [0.05, 0.1) is 17.4 Å². The Balaban J connectivity index is 1.57. The number of alkyl halides is 2. The lowest BCUT2D eigenvalue weighted by Gasteiger charge is -2.23. The molecule has 0 spiro atoms. The molecular weight excluding hydrogens is 370 g/mol. The zero-order valence-electron chi connectivity index (χ0n) is 15.2. The number of halogens is 2. The van der Waals surface area contributed by atoms with E-state index in [-0.39, 0.29) is 17.4 Å². The maximum Gasteiger partial charge on any atom is 0.284 e. The van der Waals surface area contributed by atoms with E-state index in [9.17, 15) is 13.6 Å². The lowest BCUT2D eigenvalue weighted by molar-refractivity contribution is 0.101. The Morgan fingerprint density at radius 2 is 2.21 bits per heavy atom. The maximum atomic E-state index is 13.1. The minimum atomic E-state index is -2.79. The van der Waals surface area contributed by atoms with Crippen LogP contribution in [-0.4, -0.2) is 49.4 Å². The molecule has 1 saturated heterocycles. The fourth-order valence-electron chi connectivity index (χ4n) is 3.25. The molecule has 148 valence electrons. The molecule has 3 N–H and O–H groups in total. The molecule has 0 aromatic carbocycles. The molecule has 1 amide bonds. The van der Waals surface area contributed by atoms with Crippen molar-refractivity contribution in [3.63, 3.8) is 0 Å².